The van der Waals surface area contributed by atoms with Gasteiger partial charge >= 0.3 is 6.01 Å². The minimum atomic E-state index is 0.0848. The minimum absolute atomic E-state index is 0.0848. The van der Waals surface area contributed by atoms with E-state index in [9.17, 15) is 0 Å². The first-order chi connectivity index (χ1) is 7.78. The first-order valence-corrected chi connectivity index (χ1v) is 4.86. The van der Waals surface area contributed by atoms with Gasteiger partial charge in [0.25, 0.3) is 0 Å². The fraction of sp³-hybridized carbons (Fsp3) is 0.222. The summed E-state index contributed by atoms with van der Waals surface area (Å²) in [5.74, 6) is 0.359. The van der Waals surface area contributed by atoms with Crippen LogP contribution in [-0.2, 0) is 6.54 Å². The van der Waals surface area contributed by atoms with Crippen LogP contribution in [0, 0.1) is 0 Å². The topological polar surface area (TPSA) is 73.1 Å². The molecule has 0 aromatic carbocycles. The van der Waals surface area contributed by atoms with Crippen LogP contribution in [-0.4, -0.2) is 22.1 Å². The second-order valence-electron chi connectivity index (χ2n) is 2.90. The molecule has 2 heterocycles. The third-order valence-electron chi connectivity index (χ3n) is 1.80. The minimum Gasteiger partial charge on any atom is -0.472 e. The van der Waals surface area contributed by atoms with Gasteiger partial charge in [0.2, 0.25) is 11.2 Å². The highest BCUT2D eigenvalue weighted by molar-refractivity contribution is 6.28. The summed E-state index contributed by atoms with van der Waals surface area (Å²) < 4.78 is 9.80. The number of rotatable bonds is 4. The van der Waals surface area contributed by atoms with Gasteiger partial charge in [0, 0.05) is 12.1 Å². The number of hydrogen-bond donors (Lipinski definition) is 1. The van der Waals surface area contributed by atoms with Crippen LogP contribution in [0.3, 0.4) is 0 Å². The molecule has 0 aliphatic rings. The molecule has 2 rings (SSSR count). The number of halogens is 1. The van der Waals surface area contributed by atoms with Crippen molar-refractivity contribution >= 4 is 17.5 Å². The maximum atomic E-state index is 5.69. The van der Waals surface area contributed by atoms with Crippen molar-refractivity contribution in [3.63, 3.8) is 0 Å². The molecule has 0 aliphatic heterocycles. The van der Waals surface area contributed by atoms with E-state index in [0.717, 1.165) is 5.56 Å². The largest absolute Gasteiger partial charge is 0.472 e. The zero-order valence-corrected chi connectivity index (χ0v) is 9.23. The maximum Gasteiger partial charge on any atom is 0.322 e. The third kappa shape index (κ3) is 2.60. The molecule has 6 nitrogen and oxygen atoms in total. The van der Waals surface area contributed by atoms with Gasteiger partial charge in [-0.2, -0.15) is 15.0 Å². The molecule has 0 bridgehead atoms. The number of ether oxygens (including phenoxy) is 1. The maximum absolute atomic E-state index is 5.69. The summed E-state index contributed by atoms with van der Waals surface area (Å²) in [6, 6.07) is 2.02. The Bertz CT molecular complexity index is 461. The Morgan fingerprint density at radius 1 is 1.44 bits per heavy atom. The van der Waals surface area contributed by atoms with E-state index in [1.807, 2.05) is 6.07 Å². The van der Waals surface area contributed by atoms with E-state index in [1.54, 1.807) is 12.5 Å². The van der Waals surface area contributed by atoms with E-state index in [0.29, 0.717) is 12.5 Å². The lowest BCUT2D eigenvalue weighted by Gasteiger charge is -2.04. The fourth-order valence-electron chi connectivity index (χ4n) is 1.08. The lowest BCUT2D eigenvalue weighted by Crippen LogP contribution is -2.05. The van der Waals surface area contributed by atoms with Gasteiger partial charge in [0.1, 0.15) is 0 Å². The summed E-state index contributed by atoms with van der Waals surface area (Å²) in [5, 5.41) is 3.06. The summed E-state index contributed by atoms with van der Waals surface area (Å²) in [4.78, 5) is 11.6. The van der Waals surface area contributed by atoms with E-state index in [1.165, 1.54) is 7.11 Å². The Hall–Kier alpha value is -1.82. The molecule has 0 radical (unpaired) electrons. The van der Waals surface area contributed by atoms with Crippen LogP contribution in [0.15, 0.2) is 23.0 Å². The Kier molecular flexibility index (Phi) is 3.21. The molecule has 0 unspecified atom stereocenters. The molecule has 0 aliphatic carbocycles. The number of nitrogens with zero attached hydrogens (tertiary/aromatic N) is 3. The van der Waals surface area contributed by atoms with E-state index in [-0.39, 0.29) is 11.3 Å². The van der Waals surface area contributed by atoms with Crippen molar-refractivity contribution < 1.29 is 9.15 Å². The van der Waals surface area contributed by atoms with Crippen molar-refractivity contribution in [2.24, 2.45) is 0 Å². The Morgan fingerprint density at radius 2 is 2.31 bits per heavy atom. The molecule has 1 N–H and O–H groups in total. The SMILES string of the molecule is COc1nc(Cl)nc(NCc2ccoc2)n1. The highest BCUT2D eigenvalue weighted by atomic mass is 35.5. The molecule has 0 amide bonds. The zero-order valence-electron chi connectivity index (χ0n) is 8.48. The molecule has 2 aromatic rings. The van der Waals surface area contributed by atoms with Crippen molar-refractivity contribution in [1.82, 2.24) is 15.0 Å². The summed E-state index contributed by atoms with van der Waals surface area (Å²) in [5.41, 5.74) is 0.982. The van der Waals surface area contributed by atoms with Crippen molar-refractivity contribution in [1.29, 1.82) is 0 Å². The van der Waals surface area contributed by atoms with Crippen molar-refractivity contribution in [3.05, 3.63) is 29.4 Å². The van der Waals surface area contributed by atoms with Gasteiger partial charge in [-0.05, 0) is 17.7 Å². The smallest absolute Gasteiger partial charge is 0.322 e. The number of aromatic nitrogens is 3. The monoisotopic (exact) mass is 240 g/mol. The average Bonchev–Trinajstić information content (AvgIpc) is 2.78. The van der Waals surface area contributed by atoms with Crippen LogP contribution >= 0.6 is 11.6 Å². The van der Waals surface area contributed by atoms with Gasteiger partial charge in [-0.3, -0.25) is 0 Å². The van der Waals surface area contributed by atoms with Crippen LogP contribution < -0.4 is 10.1 Å². The molecule has 16 heavy (non-hydrogen) atoms. The number of hydrogen-bond acceptors (Lipinski definition) is 6. The Labute approximate surface area is 96.6 Å². The van der Waals surface area contributed by atoms with Gasteiger partial charge in [-0.25, -0.2) is 0 Å². The van der Waals surface area contributed by atoms with E-state index in [4.69, 9.17) is 20.8 Å². The normalized spacial score (nSPS) is 10.1. The fourth-order valence-corrected chi connectivity index (χ4v) is 1.23. The van der Waals surface area contributed by atoms with Crippen molar-refractivity contribution in [2.45, 2.75) is 6.54 Å². The summed E-state index contributed by atoms with van der Waals surface area (Å²) in [6.45, 7) is 0.542. The standard InChI is InChI=1S/C9H9ClN4O2/c1-15-9-13-7(10)12-8(14-9)11-4-6-2-3-16-5-6/h2-3,5H,4H2,1H3,(H,11,12,13,14). The molecule has 0 atom stereocenters. The molecule has 84 valence electrons. The van der Waals surface area contributed by atoms with E-state index >= 15 is 0 Å². The first kappa shape index (κ1) is 10.7. The molecular weight excluding hydrogens is 232 g/mol. The van der Waals surface area contributed by atoms with Gasteiger partial charge < -0.3 is 14.5 Å². The van der Waals surface area contributed by atoms with Gasteiger partial charge in [-0.15, -0.1) is 0 Å². The lowest BCUT2D eigenvalue weighted by atomic mass is 10.3. The highest BCUT2D eigenvalue weighted by Gasteiger charge is 2.04. The Morgan fingerprint density at radius 3 is 3.00 bits per heavy atom. The zero-order chi connectivity index (χ0) is 11.4. The summed E-state index contributed by atoms with van der Waals surface area (Å²) in [7, 11) is 1.46. The van der Waals surface area contributed by atoms with E-state index < -0.39 is 0 Å². The Balaban J connectivity index is 2.06. The summed E-state index contributed by atoms with van der Waals surface area (Å²) in [6.07, 6.45) is 3.23. The van der Waals surface area contributed by atoms with Crippen LogP contribution in [0.4, 0.5) is 5.95 Å². The molecule has 2 aromatic heterocycles. The first-order valence-electron chi connectivity index (χ1n) is 4.48. The third-order valence-corrected chi connectivity index (χ3v) is 1.97. The number of methoxy groups -OCH3 is 1. The molecule has 0 spiro atoms. The van der Waals surface area contributed by atoms with Crippen molar-refractivity contribution in [2.75, 3.05) is 12.4 Å². The van der Waals surface area contributed by atoms with Crippen LogP contribution in [0.1, 0.15) is 5.56 Å². The summed E-state index contributed by atoms with van der Waals surface area (Å²) >= 11 is 5.69. The molecule has 0 saturated heterocycles. The predicted octanol–water partition coefficient (Wildman–Crippen LogP) is 1.74. The van der Waals surface area contributed by atoms with Gasteiger partial charge in [-0.1, -0.05) is 0 Å². The predicted molar refractivity (Wildman–Crippen MR) is 57.4 cm³/mol. The number of anilines is 1. The van der Waals surface area contributed by atoms with Gasteiger partial charge in [0.15, 0.2) is 0 Å². The van der Waals surface area contributed by atoms with Crippen LogP contribution in [0.5, 0.6) is 6.01 Å². The van der Waals surface area contributed by atoms with Crippen LogP contribution in [0.25, 0.3) is 0 Å². The van der Waals surface area contributed by atoms with Gasteiger partial charge in [0.05, 0.1) is 19.6 Å². The quantitative estimate of drug-likeness (QED) is 0.878. The molecule has 7 heteroatoms. The lowest BCUT2D eigenvalue weighted by molar-refractivity contribution is 0.379. The second kappa shape index (κ2) is 4.80. The average molecular weight is 241 g/mol. The van der Waals surface area contributed by atoms with Crippen molar-refractivity contribution in [3.8, 4) is 6.01 Å². The highest BCUT2D eigenvalue weighted by Crippen LogP contribution is 2.11. The van der Waals surface area contributed by atoms with E-state index in [2.05, 4.69) is 20.3 Å². The molecule has 0 fully saturated rings. The van der Waals surface area contributed by atoms with Crippen LogP contribution in [0.2, 0.25) is 5.28 Å². The molecule has 0 saturated carbocycles. The number of nitrogens with one attached hydrogen (secondary N) is 1. The number of furan rings is 1. The molecular formula is C9H9ClN4O2. The second-order valence-corrected chi connectivity index (χ2v) is 3.24.